The molecule has 2 heterocycles. The SMILES string of the molecule is COc1ccccc1CN(Cc1cccs1)C(=O)Cc1ccc(-n2cnnn2)cc1. The molecule has 4 aromatic rings. The molecule has 2 aromatic carbocycles. The standard InChI is InChI=1S/C22H21N5O2S/c1-29-21-7-3-2-5-18(21)14-26(15-20-6-4-12-30-20)22(28)13-17-8-10-19(11-9-17)27-16-23-24-25-27/h2-12,16H,13-15H2,1H3. The number of tetrazole rings is 1. The Morgan fingerprint density at radius 3 is 2.60 bits per heavy atom. The Bertz CT molecular complexity index is 1080. The maximum atomic E-state index is 13.2. The molecule has 2 aromatic heterocycles. The number of carbonyl (C=O) groups is 1. The number of benzene rings is 2. The maximum Gasteiger partial charge on any atom is 0.227 e. The number of carbonyl (C=O) groups excluding carboxylic acids is 1. The highest BCUT2D eigenvalue weighted by Crippen LogP contribution is 2.22. The maximum absolute atomic E-state index is 13.2. The number of aromatic nitrogens is 4. The van der Waals surface area contributed by atoms with Crippen molar-refractivity contribution in [3.8, 4) is 11.4 Å². The smallest absolute Gasteiger partial charge is 0.227 e. The third kappa shape index (κ3) is 4.72. The molecular weight excluding hydrogens is 398 g/mol. The number of methoxy groups -OCH3 is 1. The van der Waals surface area contributed by atoms with Crippen molar-refractivity contribution in [3.63, 3.8) is 0 Å². The topological polar surface area (TPSA) is 73.1 Å². The molecule has 1 amide bonds. The zero-order chi connectivity index (χ0) is 20.8. The fourth-order valence-electron chi connectivity index (χ4n) is 3.19. The van der Waals surface area contributed by atoms with Gasteiger partial charge in [-0.25, -0.2) is 4.68 Å². The van der Waals surface area contributed by atoms with Crippen LogP contribution >= 0.6 is 11.3 Å². The summed E-state index contributed by atoms with van der Waals surface area (Å²) in [6.45, 7) is 1.06. The van der Waals surface area contributed by atoms with Crippen LogP contribution in [0.25, 0.3) is 5.69 Å². The number of amides is 1. The average Bonchev–Trinajstić information content (AvgIpc) is 3.48. The number of para-hydroxylation sites is 1. The Morgan fingerprint density at radius 2 is 1.90 bits per heavy atom. The summed E-state index contributed by atoms with van der Waals surface area (Å²) in [6, 6.07) is 19.5. The van der Waals surface area contributed by atoms with Crippen LogP contribution in [0.5, 0.6) is 5.75 Å². The molecule has 0 saturated carbocycles. The Hall–Kier alpha value is -3.52. The fraction of sp³-hybridized carbons (Fsp3) is 0.182. The van der Waals surface area contributed by atoms with Gasteiger partial charge >= 0.3 is 0 Å². The van der Waals surface area contributed by atoms with Gasteiger partial charge in [-0.15, -0.1) is 16.4 Å². The Balaban J connectivity index is 1.51. The zero-order valence-electron chi connectivity index (χ0n) is 16.5. The molecule has 0 aliphatic carbocycles. The summed E-state index contributed by atoms with van der Waals surface area (Å²) in [5, 5.41) is 13.2. The van der Waals surface area contributed by atoms with E-state index in [-0.39, 0.29) is 5.91 Å². The molecule has 30 heavy (non-hydrogen) atoms. The first kappa shape index (κ1) is 19.8. The van der Waals surface area contributed by atoms with Crippen LogP contribution in [0.1, 0.15) is 16.0 Å². The van der Waals surface area contributed by atoms with Crippen molar-refractivity contribution in [2.24, 2.45) is 0 Å². The summed E-state index contributed by atoms with van der Waals surface area (Å²) >= 11 is 1.65. The second-order valence-corrected chi connectivity index (χ2v) is 7.77. The van der Waals surface area contributed by atoms with Crippen LogP contribution < -0.4 is 4.74 Å². The lowest BCUT2D eigenvalue weighted by molar-refractivity contribution is -0.131. The molecule has 0 saturated heterocycles. The number of nitrogens with zero attached hydrogens (tertiary/aromatic N) is 5. The van der Waals surface area contributed by atoms with Crippen LogP contribution in [0.4, 0.5) is 0 Å². The third-order valence-electron chi connectivity index (χ3n) is 4.74. The van der Waals surface area contributed by atoms with E-state index in [0.717, 1.165) is 27.4 Å². The van der Waals surface area contributed by atoms with Crippen LogP contribution in [0.3, 0.4) is 0 Å². The first-order valence-electron chi connectivity index (χ1n) is 9.47. The van der Waals surface area contributed by atoms with Crippen molar-refractivity contribution >= 4 is 17.2 Å². The van der Waals surface area contributed by atoms with Crippen molar-refractivity contribution in [3.05, 3.63) is 88.4 Å². The molecule has 152 valence electrons. The van der Waals surface area contributed by atoms with Crippen molar-refractivity contribution < 1.29 is 9.53 Å². The average molecular weight is 420 g/mol. The fourth-order valence-corrected chi connectivity index (χ4v) is 3.91. The molecule has 0 atom stereocenters. The lowest BCUT2D eigenvalue weighted by atomic mass is 10.1. The van der Waals surface area contributed by atoms with Gasteiger partial charge in [-0.2, -0.15) is 0 Å². The van der Waals surface area contributed by atoms with E-state index in [1.165, 1.54) is 6.33 Å². The van der Waals surface area contributed by atoms with Gasteiger partial charge in [0.2, 0.25) is 5.91 Å². The van der Waals surface area contributed by atoms with E-state index in [2.05, 4.69) is 15.5 Å². The van der Waals surface area contributed by atoms with Gasteiger partial charge in [-0.3, -0.25) is 4.79 Å². The van der Waals surface area contributed by atoms with Gasteiger partial charge in [0.1, 0.15) is 12.1 Å². The van der Waals surface area contributed by atoms with Crippen molar-refractivity contribution in [1.29, 1.82) is 0 Å². The number of ether oxygens (including phenoxy) is 1. The van der Waals surface area contributed by atoms with Gasteiger partial charge in [-0.05, 0) is 45.6 Å². The molecule has 0 bridgehead atoms. The van der Waals surface area contributed by atoms with Gasteiger partial charge in [0.15, 0.2) is 0 Å². The van der Waals surface area contributed by atoms with Crippen LogP contribution in [-0.2, 0) is 24.3 Å². The van der Waals surface area contributed by atoms with E-state index in [0.29, 0.717) is 19.5 Å². The Labute approximate surface area is 178 Å². The minimum absolute atomic E-state index is 0.0597. The second kappa shape index (κ2) is 9.32. The number of rotatable bonds is 8. The van der Waals surface area contributed by atoms with E-state index in [9.17, 15) is 4.79 Å². The number of hydrogen-bond acceptors (Lipinski definition) is 6. The minimum Gasteiger partial charge on any atom is -0.496 e. The molecule has 8 heteroatoms. The molecule has 0 N–H and O–H groups in total. The molecule has 0 aliphatic heterocycles. The summed E-state index contributed by atoms with van der Waals surface area (Å²) in [6.07, 6.45) is 1.85. The minimum atomic E-state index is 0.0597. The largest absolute Gasteiger partial charge is 0.496 e. The summed E-state index contributed by atoms with van der Waals surface area (Å²) in [5.74, 6) is 0.844. The van der Waals surface area contributed by atoms with E-state index in [1.807, 2.05) is 70.9 Å². The van der Waals surface area contributed by atoms with Gasteiger partial charge in [0.05, 0.1) is 25.8 Å². The van der Waals surface area contributed by atoms with Gasteiger partial charge in [0.25, 0.3) is 0 Å². The van der Waals surface area contributed by atoms with Crippen LogP contribution in [0, 0.1) is 0 Å². The Morgan fingerprint density at radius 1 is 1.07 bits per heavy atom. The predicted molar refractivity (Wildman–Crippen MR) is 114 cm³/mol. The molecule has 7 nitrogen and oxygen atoms in total. The lowest BCUT2D eigenvalue weighted by Gasteiger charge is -2.23. The van der Waals surface area contributed by atoms with Gasteiger partial charge in [-0.1, -0.05) is 36.4 Å². The molecule has 0 spiro atoms. The predicted octanol–water partition coefficient (Wildman–Crippen LogP) is 3.50. The third-order valence-corrected chi connectivity index (χ3v) is 5.60. The Kier molecular flexibility index (Phi) is 6.14. The van der Waals surface area contributed by atoms with Crippen LogP contribution in [0.2, 0.25) is 0 Å². The summed E-state index contributed by atoms with van der Waals surface area (Å²) < 4.78 is 7.05. The monoisotopic (exact) mass is 419 g/mol. The molecule has 0 radical (unpaired) electrons. The molecule has 0 unspecified atom stereocenters. The number of hydrogen-bond donors (Lipinski definition) is 0. The molecular formula is C22H21N5O2S. The summed E-state index contributed by atoms with van der Waals surface area (Å²) in [5.41, 5.74) is 2.77. The second-order valence-electron chi connectivity index (χ2n) is 6.74. The van der Waals surface area contributed by atoms with Crippen LogP contribution in [-0.4, -0.2) is 38.1 Å². The van der Waals surface area contributed by atoms with Crippen molar-refractivity contribution in [2.75, 3.05) is 7.11 Å². The normalized spacial score (nSPS) is 10.7. The van der Waals surface area contributed by atoms with E-state index in [1.54, 1.807) is 23.1 Å². The van der Waals surface area contributed by atoms with Crippen molar-refractivity contribution in [1.82, 2.24) is 25.1 Å². The summed E-state index contributed by atoms with van der Waals surface area (Å²) in [7, 11) is 1.65. The number of thiophene rings is 1. The highest BCUT2D eigenvalue weighted by molar-refractivity contribution is 7.09. The zero-order valence-corrected chi connectivity index (χ0v) is 17.3. The van der Waals surface area contributed by atoms with Crippen LogP contribution in [0.15, 0.2) is 72.4 Å². The molecule has 0 fully saturated rings. The quantitative estimate of drug-likeness (QED) is 0.437. The highest BCUT2D eigenvalue weighted by Gasteiger charge is 2.17. The van der Waals surface area contributed by atoms with Gasteiger partial charge < -0.3 is 9.64 Å². The van der Waals surface area contributed by atoms with Crippen molar-refractivity contribution in [2.45, 2.75) is 19.5 Å². The first-order chi connectivity index (χ1) is 14.7. The first-order valence-corrected chi connectivity index (χ1v) is 10.4. The highest BCUT2D eigenvalue weighted by atomic mass is 32.1. The van der Waals surface area contributed by atoms with E-state index < -0.39 is 0 Å². The van der Waals surface area contributed by atoms with Gasteiger partial charge in [0, 0.05) is 17.0 Å². The molecule has 4 rings (SSSR count). The lowest BCUT2D eigenvalue weighted by Crippen LogP contribution is -2.31. The van der Waals surface area contributed by atoms with E-state index >= 15 is 0 Å². The van der Waals surface area contributed by atoms with E-state index in [4.69, 9.17) is 4.74 Å². The summed E-state index contributed by atoms with van der Waals surface area (Å²) in [4.78, 5) is 16.2. The molecule has 0 aliphatic rings.